The number of para-hydroxylation sites is 1. The maximum Gasteiger partial charge on any atom is 0.242 e. The number of nitrogens with zero attached hydrogens (tertiary/aromatic N) is 1. The van der Waals surface area contributed by atoms with Gasteiger partial charge < -0.3 is 10.3 Å². The van der Waals surface area contributed by atoms with Crippen molar-refractivity contribution in [2.75, 3.05) is 11.9 Å². The van der Waals surface area contributed by atoms with E-state index in [0.29, 0.717) is 39.2 Å². The Morgan fingerprint density at radius 1 is 1.06 bits per heavy atom. The second-order valence-corrected chi connectivity index (χ2v) is 10.8. The summed E-state index contributed by atoms with van der Waals surface area (Å²) in [4.78, 5) is 19.4. The van der Waals surface area contributed by atoms with Crippen molar-refractivity contribution in [2.45, 2.75) is 17.7 Å². The van der Waals surface area contributed by atoms with Crippen molar-refractivity contribution in [3.63, 3.8) is 0 Å². The van der Waals surface area contributed by atoms with Crippen LogP contribution in [0, 0.1) is 5.82 Å². The summed E-state index contributed by atoms with van der Waals surface area (Å²) in [6.07, 6.45) is 2.07. The molecule has 4 aromatic rings. The van der Waals surface area contributed by atoms with Gasteiger partial charge in [-0.2, -0.15) is 0 Å². The molecule has 4 rings (SSSR count). The highest BCUT2D eigenvalue weighted by Gasteiger charge is 2.20. The Morgan fingerprint density at radius 2 is 1.81 bits per heavy atom. The van der Waals surface area contributed by atoms with E-state index in [9.17, 15) is 17.6 Å². The van der Waals surface area contributed by atoms with Gasteiger partial charge in [-0.05, 0) is 64.8 Å². The number of hydrogen-bond donors (Lipinski definition) is 3. The molecular weight excluding hydrogens is 571 g/mol. The van der Waals surface area contributed by atoms with Gasteiger partial charge in [-0.3, -0.25) is 4.79 Å². The highest BCUT2D eigenvalue weighted by Crippen LogP contribution is 2.29. The van der Waals surface area contributed by atoms with Crippen molar-refractivity contribution < 1.29 is 17.6 Å². The molecule has 1 amide bonds. The smallest absolute Gasteiger partial charge is 0.242 e. The maximum atomic E-state index is 13.9. The molecule has 1 aromatic heterocycles. The molecule has 7 nitrogen and oxygen atoms in total. The van der Waals surface area contributed by atoms with E-state index >= 15 is 0 Å². The number of rotatable bonds is 9. The van der Waals surface area contributed by atoms with Crippen LogP contribution in [0.3, 0.4) is 0 Å². The third-order valence-electron chi connectivity index (χ3n) is 5.22. The molecule has 0 fully saturated rings. The van der Waals surface area contributed by atoms with Crippen LogP contribution in [0.2, 0.25) is 5.02 Å². The number of benzene rings is 3. The lowest BCUT2D eigenvalue weighted by Gasteiger charge is -2.10. The lowest BCUT2D eigenvalue weighted by molar-refractivity contribution is -0.116. The van der Waals surface area contributed by atoms with Gasteiger partial charge in [0.25, 0.3) is 0 Å². The zero-order chi connectivity index (χ0) is 25.7. The monoisotopic (exact) mass is 590 g/mol. The minimum Gasteiger partial charge on any atom is -0.344 e. The number of carbonyl (C=O) groups is 1. The summed E-state index contributed by atoms with van der Waals surface area (Å²) in [6, 6.07) is 18.2. The van der Waals surface area contributed by atoms with E-state index in [4.69, 9.17) is 11.6 Å². The topological polar surface area (TPSA) is 104 Å². The van der Waals surface area contributed by atoms with Crippen LogP contribution in [0.1, 0.15) is 12.8 Å². The molecule has 0 spiro atoms. The Morgan fingerprint density at radius 3 is 2.56 bits per heavy atom. The number of sulfonamides is 1. The zero-order valence-electron chi connectivity index (χ0n) is 18.8. The average molecular weight is 592 g/mol. The normalized spacial score (nSPS) is 11.4. The van der Waals surface area contributed by atoms with Gasteiger partial charge in [0.1, 0.15) is 16.5 Å². The van der Waals surface area contributed by atoms with Crippen LogP contribution >= 0.6 is 27.5 Å². The third kappa shape index (κ3) is 6.38. The Labute approximate surface area is 221 Å². The first-order valence-corrected chi connectivity index (χ1v) is 13.5. The van der Waals surface area contributed by atoms with E-state index in [1.807, 2.05) is 18.2 Å². The van der Waals surface area contributed by atoms with E-state index in [1.165, 1.54) is 18.2 Å². The molecule has 3 N–H and O–H groups in total. The molecule has 0 aliphatic heterocycles. The molecule has 1 heterocycles. The van der Waals surface area contributed by atoms with Crippen molar-refractivity contribution in [2.24, 2.45) is 0 Å². The highest BCUT2D eigenvalue weighted by molar-refractivity contribution is 9.10. The first-order chi connectivity index (χ1) is 17.2. The number of hydrogen-bond acceptors (Lipinski definition) is 4. The number of halogens is 3. The average Bonchev–Trinajstić information content (AvgIpc) is 3.35. The van der Waals surface area contributed by atoms with Crippen LogP contribution in [0.15, 0.2) is 82.3 Å². The van der Waals surface area contributed by atoms with E-state index < -0.39 is 15.8 Å². The molecular formula is C25H21BrClFN4O3S. The van der Waals surface area contributed by atoms with Crippen LogP contribution in [0.25, 0.3) is 22.6 Å². The second-order valence-electron chi connectivity index (χ2n) is 7.82. The second kappa shape index (κ2) is 11.3. The number of nitrogens with one attached hydrogen (secondary N) is 3. The van der Waals surface area contributed by atoms with Crippen molar-refractivity contribution in [1.29, 1.82) is 0 Å². The number of amides is 1. The molecule has 0 unspecified atom stereocenters. The van der Waals surface area contributed by atoms with Crippen molar-refractivity contribution >= 4 is 49.1 Å². The molecule has 0 radical (unpaired) electrons. The molecule has 0 saturated carbocycles. The number of anilines is 1. The first kappa shape index (κ1) is 26.0. The summed E-state index contributed by atoms with van der Waals surface area (Å²) < 4.78 is 42.5. The quantitative estimate of drug-likeness (QED) is 0.208. The Bertz CT molecular complexity index is 1500. The molecule has 36 heavy (non-hydrogen) atoms. The molecule has 11 heteroatoms. The zero-order valence-corrected chi connectivity index (χ0v) is 21.9. The van der Waals surface area contributed by atoms with Crippen LogP contribution < -0.4 is 10.0 Å². The van der Waals surface area contributed by atoms with Crippen LogP contribution in [-0.4, -0.2) is 30.8 Å². The number of carbonyl (C=O) groups excluding carboxylic acids is 1. The summed E-state index contributed by atoms with van der Waals surface area (Å²) in [7, 11) is -3.94. The molecule has 3 aromatic carbocycles. The number of H-pyrrole nitrogens is 1. The fraction of sp³-hybridized carbons (Fsp3) is 0.120. The number of aromatic amines is 1. The highest BCUT2D eigenvalue weighted by atomic mass is 79.9. The number of imidazole rings is 1. The SMILES string of the molecule is O=C(CCCNS(=O)(=O)c1cc(-c2nc(-c3ccc(Br)c(F)c3)c[nH]2)ccc1Cl)Nc1ccccc1. The van der Waals surface area contributed by atoms with Gasteiger partial charge in [-0.1, -0.05) is 35.9 Å². The first-order valence-electron chi connectivity index (χ1n) is 10.9. The molecule has 0 bridgehead atoms. The molecule has 0 saturated heterocycles. The van der Waals surface area contributed by atoms with E-state index in [0.717, 1.165) is 0 Å². The summed E-state index contributed by atoms with van der Waals surface area (Å²) in [6.45, 7) is 0.0606. The predicted octanol–water partition coefficient (Wildman–Crippen LogP) is 6.00. The van der Waals surface area contributed by atoms with Crippen molar-refractivity contribution in [3.8, 4) is 22.6 Å². The van der Waals surface area contributed by atoms with Crippen LogP contribution in [0.5, 0.6) is 0 Å². The fourth-order valence-electron chi connectivity index (χ4n) is 3.41. The van der Waals surface area contributed by atoms with Gasteiger partial charge in [-0.15, -0.1) is 0 Å². The van der Waals surface area contributed by atoms with Crippen LogP contribution in [0.4, 0.5) is 10.1 Å². The van der Waals surface area contributed by atoms with E-state index in [-0.39, 0.29) is 28.8 Å². The van der Waals surface area contributed by atoms with Gasteiger partial charge in [-0.25, -0.2) is 22.5 Å². The minimum absolute atomic E-state index is 0.0508. The summed E-state index contributed by atoms with van der Waals surface area (Å²) in [5, 5.41) is 2.81. The van der Waals surface area contributed by atoms with E-state index in [1.54, 1.807) is 36.5 Å². The fourth-order valence-corrected chi connectivity index (χ4v) is 5.25. The van der Waals surface area contributed by atoms with Crippen LogP contribution in [-0.2, 0) is 14.8 Å². The Hall–Kier alpha value is -3.05. The van der Waals surface area contributed by atoms with Gasteiger partial charge in [0.15, 0.2) is 0 Å². The maximum absolute atomic E-state index is 13.9. The van der Waals surface area contributed by atoms with Gasteiger partial charge in [0.2, 0.25) is 15.9 Å². The van der Waals surface area contributed by atoms with Gasteiger partial charge >= 0.3 is 0 Å². The minimum atomic E-state index is -3.94. The number of aromatic nitrogens is 2. The van der Waals surface area contributed by atoms with E-state index in [2.05, 4.69) is 35.9 Å². The molecule has 0 atom stereocenters. The lowest BCUT2D eigenvalue weighted by Crippen LogP contribution is -2.26. The predicted molar refractivity (Wildman–Crippen MR) is 142 cm³/mol. The largest absolute Gasteiger partial charge is 0.344 e. The molecule has 186 valence electrons. The Kier molecular flexibility index (Phi) is 8.20. The Balaban J connectivity index is 1.41. The van der Waals surface area contributed by atoms with Gasteiger partial charge in [0, 0.05) is 36.0 Å². The summed E-state index contributed by atoms with van der Waals surface area (Å²) in [5.41, 5.74) is 2.24. The third-order valence-corrected chi connectivity index (χ3v) is 7.80. The lowest BCUT2D eigenvalue weighted by atomic mass is 10.2. The summed E-state index contributed by atoms with van der Waals surface area (Å²) in [5.74, 6) is -0.223. The molecule has 0 aliphatic rings. The molecule has 0 aliphatic carbocycles. The van der Waals surface area contributed by atoms with Crippen molar-refractivity contribution in [1.82, 2.24) is 14.7 Å². The van der Waals surface area contributed by atoms with Crippen molar-refractivity contribution in [3.05, 3.63) is 88.2 Å². The van der Waals surface area contributed by atoms with Gasteiger partial charge in [0.05, 0.1) is 15.2 Å². The summed E-state index contributed by atoms with van der Waals surface area (Å²) >= 11 is 9.32. The standard InChI is InChI=1S/C25H21BrClFN4O3S/c26-19-10-8-16(13-21(19)28)22-15-29-25(32-22)17-9-11-20(27)23(14-17)36(34,35)30-12-4-7-24(33)31-18-5-2-1-3-6-18/h1-3,5-6,8-11,13-15,30H,4,7,12H2,(H,29,32)(H,31,33).